The molecule has 1 saturated heterocycles. The van der Waals surface area contributed by atoms with E-state index >= 15 is 0 Å². The first kappa shape index (κ1) is 16.8. The Morgan fingerprint density at radius 3 is 2.70 bits per heavy atom. The zero-order valence-corrected chi connectivity index (χ0v) is 13.6. The van der Waals surface area contributed by atoms with Crippen molar-refractivity contribution in [3.05, 3.63) is 35.4 Å². The number of ether oxygens (including phenoxy) is 1. The Hall–Kier alpha value is -1.05. The number of rotatable bonds is 7. The summed E-state index contributed by atoms with van der Waals surface area (Å²) < 4.78 is 60.0. The van der Waals surface area contributed by atoms with Crippen LogP contribution in [-0.4, -0.2) is 26.9 Å². The van der Waals surface area contributed by atoms with Crippen LogP contribution in [0.1, 0.15) is 43.7 Å². The van der Waals surface area contributed by atoms with Gasteiger partial charge in [-0.05, 0) is 56.2 Å². The fourth-order valence-corrected chi connectivity index (χ4v) is 4.40. The van der Waals surface area contributed by atoms with E-state index < -0.39 is 27.7 Å². The fraction of sp³-hybridized carbons (Fsp3) is 0.625. The van der Waals surface area contributed by atoms with Crippen molar-refractivity contribution in [1.29, 1.82) is 0 Å². The van der Waals surface area contributed by atoms with E-state index in [1.165, 1.54) is 0 Å². The molecule has 1 aliphatic carbocycles. The zero-order valence-electron chi connectivity index (χ0n) is 12.8. The van der Waals surface area contributed by atoms with Crippen molar-refractivity contribution in [2.75, 3.05) is 12.4 Å². The fourth-order valence-electron chi connectivity index (χ4n) is 3.01. The summed E-state index contributed by atoms with van der Waals surface area (Å²) in [5.41, 5.74) is 0.0909. The molecule has 1 heterocycles. The Kier molecular flexibility index (Phi) is 4.98. The van der Waals surface area contributed by atoms with Crippen LogP contribution in [0, 0.1) is 17.6 Å². The molecule has 7 heteroatoms. The molecule has 2 fully saturated rings. The molecule has 128 valence electrons. The van der Waals surface area contributed by atoms with Gasteiger partial charge in [0.05, 0.1) is 17.9 Å². The van der Waals surface area contributed by atoms with E-state index in [4.69, 9.17) is 4.74 Å². The Balaban J connectivity index is 1.70. The molecule has 0 radical (unpaired) electrons. The molecule has 3 rings (SSSR count). The second kappa shape index (κ2) is 6.83. The highest BCUT2D eigenvalue weighted by Gasteiger charge is 2.36. The van der Waals surface area contributed by atoms with Gasteiger partial charge in [0.2, 0.25) is 10.0 Å². The van der Waals surface area contributed by atoms with Crippen molar-refractivity contribution >= 4 is 10.0 Å². The summed E-state index contributed by atoms with van der Waals surface area (Å²) in [6.45, 7) is 0.678. The quantitative estimate of drug-likeness (QED) is 0.827. The highest BCUT2D eigenvalue weighted by atomic mass is 32.2. The molecule has 1 N–H and O–H groups in total. The molecule has 1 aromatic rings. The van der Waals surface area contributed by atoms with Crippen LogP contribution in [0.25, 0.3) is 0 Å². The van der Waals surface area contributed by atoms with Gasteiger partial charge in [-0.2, -0.15) is 0 Å². The third-order valence-corrected chi connectivity index (χ3v) is 5.81. The van der Waals surface area contributed by atoms with Crippen molar-refractivity contribution in [1.82, 2.24) is 4.72 Å². The van der Waals surface area contributed by atoms with Crippen molar-refractivity contribution in [3.8, 4) is 0 Å². The van der Waals surface area contributed by atoms with Crippen LogP contribution < -0.4 is 4.72 Å². The SMILES string of the molecule is O=S(=O)(CC[C@@H]1CCCO1)N[C@H](c1cc(F)ccc1F)C1CC1. The third-order valence-electron chi connectivity index (χ3n) is 4.43. The minimum atomic E-state index is -3.57. The number of nitrogens with one attached hydrogen (secondary N) is 1. The van der Waals surface area contributed by atoms with E-state index in [1.807, 2.05) is 0 Å². The van der Waals surface area contributed by atoms with Gasteiger partial charge < -0.3 is 4.74 Å². The Labute approximate surface area is 135 Å². The average molecular weight is 345 g/mol. The summed E-state index contributed by atoms with van der Waals surface area (Å²) in [6.07, 6.45) is 3.87. The first-order chi connectivity index (χ1) is 10.9. The summed E-state index contributed by atoms with van der Waals surface area (Å²) in [4.78, 5) is 0. The second-order valence-corrected chi connectivity index (χ2v) is 8.21. The lowest BCUT2D eigenvalue weighted by Gasteiger charge is -2.20. The van der Waals surface area contributed by atoms with Crippen molar-refractivity contribution < 1.29 is 21.9 Å². The van der Waals surface area contributed by atoms with Crippen LogP contribution in [-0.2, 0) is 14.8 Å². The molecule has 0 bridgehead atoms. The molecule has 1 aliphatic heterocycles. The highest BCUT2D eigenvalue weighted by Crippen LogP contribution is 2.42. The molecule has 23 heavy (non-hydrogen) atoms. The molecule has 2 atom stereocenters. The predicted octanol–water partition coefficient (Wildman–Crippen LogP) is 2.90. The van der Waals surface area contributed by atoms with E-state index in [0.717, 1.165) is 43.9 Å². The predicted molar refractivity (Wildman–Crippen MR) is 82.3 cm³/mol. The minimum absolute atomic E-state index is 0.0168. The summed E-state index contributed by atoms with van der Waals surface area (Å²) >= 11 is 0. The molecular formula is C16H21F2NO3S. The summed E-state index contributed by atoms with van der Waals surface area (Å²) in [7, 11) is -3.57. The molecular weight excluding hydrogens is 324 g/mol. The summed E-state index contributed by atoms with van der Waals surface area (Å²) in [6, 6.07) is 2.47. The Morgan fingerprint density at radius 1 is 1.26 bits per heavy atom. The molecule has 4 nitrogen and oxygen atoms in total. The topological polar surface area (TPSA) is 55.4 Å². The van der Waals surface area contributed by atoms with E-state index in [0.29, 0.717) is 13.0 Å². The van der Waals surface area contributed by atoms with Gasteiger partial charge in [-0.25, -0.2) is 21.9 Å². The Bertz CT molecular complexity index is 655. The summed E-state index contributed by atoms with van der Waals surface area (Å²) in [5, 5.41) is 0. The maximum absolute atomic E-state index is 14.0. The van der Waals surface area contributed by atoms with E-state index in [-0.39, 0.29) is 23.3 Å². The molecule has 0 amide bonds. The lowest BCUT2D eigenvalue weighted by molar-refractivity contribution is 0.108. The maximum Gasteiger partial charge on any atom is 0.212 e. The van der Waals surface area contributed by atoms with Gasteiger partial charge in [-0.15, -0.1) is 0 Å². The van der Waals surface area contributed by atoms with Gasteiger partial charge in [0.1, 0.15) is 11.6 Å². The van der Waals surface area contributed by atoms with Gasteiger partial charge in [-0.3, -0.25) is 0 Å². The maximum atomic E-state index is 14.0. The number of halogens is 2. The minimum Gasteiger partial charge on any atom is -0.378 e. The van der Waals surface area contributed by atoms with Crippen molar-refractivity contribution in [2.45, 2.75) is 44.2 Å². The number of hydrogen-bond donors (Lipinski definition) is 1. The lowest BCUT2D eigenvalue weighted by Crippen LogP contribution is -2.33. The van der Waals surface area contributed by atoms with E-state index in [9.17, 15) is 17.2 Å². The number of sulfonamides is 1. The first-order valence-electron chi connectivity index (χ1n) is 8.01. The largest absolute Gasteiger partial charge is 0.378 e. The van der Waals surface area contributed by atoms with Gasteiger partial charge in [0.15, 0.2) is 0 Å². The van der Waals surface area contributed by atoms with Gasteiger partial charge in [0.25, 0.3) is 0 Å². The monoisotopic (exact) mass is 345 g/mol. The molecule has 1 saturated carbocycles. The van der Waals surface area contributed by atoms with E-state index in [1.54, 1.807) is 0 Å². The van der Waals surface area contributed by atoms with Crippen LogP contribution in [0.2, 0.25) is 0 Å². The Morgan fingerprint density at radius 2 is 2.04 bits per heavy atom. The van der Waals surface area contributed by atoms with Crippen LogP contribution in [0.3, 0.4) is 0 Å². The van der Waals surface area contributed by atoms with Crippen LogP contribution in [0.5, 0.6) is 0 Å². The highest BCUT2D eigenvalue weighted by molar-refractivity contribution is 7.89. The van der Waals surface area contributed by atoms with Gasteiger partial charge in [-0.1, -0.05) is 0 Å². The van der Waals surface area contributed by atoms with Crippen molar-refractivity contribution in [2.24, 2.45) is 5.92 Å². The van der Waals surface area contributed by atoms with Crippen LogP contribution in [0.4, 0.5) is 8.78 Å². The van der Waals surface area contributed by atoms with Crippen LogP contribution >= 0.6 is 0 Å². The standard InChI is InChI=1S/C16H21F2NO3S/c17-12-5-6-15(18)14(10-12)16(11-3-4-11)19-23(20,21)9-7-13-2-1-8-22-13/h5-6,10-11,13,16,19H,1-4,7-9H2/t13-,16-/m0/s1. The molecule has 0 spiro atoms. The summed E-state index contributed by atoms with van der Waals surface area (Å²) in [5.74, 6) is -1.17. The molecule has 1 aromatic carbocycles. The lowest BCUT2D eigenvalue weighted by atomic mass is 10.0. The van der Waals surface area contributed by atoms with Gasteiger partial charge in [0, 0.05) is 12.2 Å². The molecule has 2 aliphatic rings. The third kappa shape index (κ3) is 4.49. The zero-order chi connectivity index (χ0) is 16.4. The molecule has 0 unspecified atom stereocenters. The normalized spacial score (nSPS) is 23.1. The van der Waals surface area contributed by atoms with Crippen molar-refractivity contribution in [3.63, 3.8) is 0 Å². The second-order valence-electron chi connectivity index (χ2n) is 6.34. The van der Waals surface area contributed by atoms with E-state index in [2.05, 4.69) is 4.72 Å². The smallest absolute Gasteiger partial charge is 0.212 e. The van der Waals surface area contributed by atoms with Gasteiger partial charge >= 0.3 is 0 Å². The molecule has 0 aromatic heterocycles. The first-order valence-corrected chi connectivity index (χ1v) is 9.66. The van der Waals surface area contributed by atoms with Crippen LogP contribution in [0.15, 0.2) is 18.2 Å². The number of benzene rings is 1. The number of hydrogen-bond acceptors (Lipinski definition) is 3. The average Bonchev–Trinajstić information content (AvgIpc) is 3.21.